The van der Waals surface area contributed by atoms with Gasteiger partial charge in [-0.05, 0) is 32.1 Å². The molecule has 3 fully saturated rings. The lowest BCUT2D eigenvalue weighted by atomic mass is 9.57. The van der Waals surface area contributed by atoms with Gasteiger partial charge in [-0.2, -0.15) is 4.98 Å². The predicted octanol–water partition coefficient (Wildman–Crippen LogP) is 2.15. The van der Waals surface area contributed by atoms with Crippen LogP contribution in [0.4, 0.5) is 11.8 Å². The maximum Gasteiger partial charge on any atom is 0.227 e. The van der Waals surface area contributed by atoms with Gasteiger partial charge >= 0.3 is 0 Å². The third kappa shape index (κ3) is 3.08. The number of anilines is 2. The predicted molar refractivity (Wildman–Crippen MR) is 118 cm³/mol. The number of aliphatic hydroxyl groups excluding tert-OH is 1. The quantitative estimate of drug-likeness (QED) is 0.741. The minimum Gasteiger partial charge on any atom is -0.394 e. The Bertz CT molecular complexity index is 1030. The Hall–Kier alpha value is -1.84. The average Bonchev–Trinajstić information content (AvgIpc) is 2.68. The molecule has 6 rings (SSSR count). The lowest BCUT2D eigenvalue weighted by Gasteiger charge is -2.58. The molecule has 2 aliphatic carbocycles. The number of aromatic nitrogens is 4. The first-order valence-electron chi connectivity index (χ1n) is 10.9. The molecule has 0 bridgehead atoms. The van der Waals surface area contributed by atoms with Crippen molar-refractivity contribution in [3.63, 3.8) is 0 Å². The molecule has 164 valence electrons. The SMILES string of the molecule is O=S1CCN(C2(CO)CCC2)c2nc(N3CC4(CC(c5ncc(Cl)cn5)C4)C3)ncc21. The van der Waals surface area contributed by atoms with Gasteiger partial charge in [-0.15, -0.1) is 0 Å². The highest BCUT2D eigenvalue weighted by Crippen LogP contribution is 2.56. The minimum absolute atomic E-state index is 0.111. The van der Waals surface area contributed by atoms with E-state index in [0.29, 0.717) is 34.1 Å². The van der Waals surface area contributed by atoms with E-state index < -0.39 is 10.8 Å². The zero-order valence-corrected chi connectivity index (χ0v) is 18.8. The van der Waals surface area contributed by atoms with Gasteiger partial charge in [0.25, 0.3) is 0 Å². The summed E-state index contributed by atoms with van der Waals surface area (Å²) < 4.78 is 12.6. The zero-order valence-electron chi connectivity index (χ0n) is 17.2. The van der Waals surface area contributed by atoms with Gasteiger partial charge in [0, 0.05) is 49.1 Å². The molecule has 2 aromatic heterocycles. The molecule has 1 unspecified atom stereocenters. The molecular weight excluding hydrogens is 436 g/mol. The standard InChI is InChI=1S/C21H25ClN6O2S/c22-15-8-23-17(24-9-15)14-6-20(7-14)11-27(12-20)19-25-10-16-18(26-19)28(4-5-31(16)30)21(13-29)2-1-3-21/h8-10,14,29H,1-7,11-13H2. The van der Waals surface area contributed by atoms with Crippen LogP contribution in [0.15, 0.2) is 23.5 Å². The molecule has 1 atom stereocenters. The maximum absolute atomic E-state index is 12.6. The van der Waals surface area contributed by atoms with Crippen molar-refractivity contribution in [3.05, 3.63) is 29.4 Å². The van der Waals surface area contributed by atoms with Gasteiger partial charge < -0.3 is 14.9 Å². The number of nitrogens with zero attached hydrogens (tertiary/aromatic N) is 6. The topological polar surface area (TPSA) is 95.3 Å². The molecule has 4 heterocycles. The Morgan fingerprint density at radius 1 is 1.16 bits per heavy atom. The molecule has 4 aliphatic rings. The van der Waals surface area contributed by atoms with E-state index in [1.807, 2.05) is 0 Å². The van der Waals surface area contributed by atoms with E-state index in [1.165, 1.54) is 0 Å². The highest BCUT2D eigenvalue weighted by molar-refractivity contribution is 7.85. The molecule has 0 radical (unpaired) electrons. The van der Waals surface area contributed by atoms with Gasteiger partial charge in [0.2, 0.25) is 5.95 Å². The first kappa shape index (κ1) is 19.8. The van der Waals surface area contributed by atoms with Crippen molar-refractivity contribution in [2.45, 2.75) is 48.5 Å². The number of halogens is 1. The molecule has 1 N–H and O–H groups in total. The van der Waals surface area contributed by atoms with Crippen LogP contribution in [-0.2, 0) is 10.8 Å². The lowest BCUT2D eigenvalue weighted by molar-refractivity contribution is 0.0582. The molecule has 0 aromatic carbocycles. The molecule has 2 saturated carbocycles. The fourth-order valence-corrected chi connectivity index (χ4v) is 6.87. The maximum atomic E-state index is 12.6. The van der Waals surface area contributed by atoms with Crippen molar-refractivity contribution in [1.82, 2.24) is 19.9 Å². The van der Waals surface area contributed by atoms with Crippen molar-refractivity contribution < 1.29 is 9.32 Å². The van der Waals surface area contributed by atoms with Crippen LogP contribution in [0.5, 0.6) is 0 Å². The second-order valence-electron chi connectivity index (χ2n) is 9.52. The van der Waals surface area contributed by atoms with Crippen LogP contribution < -0.4 is 9.80 Å². The number of aliphatic hydroxyl groups is 1. The van der Waals surface area contributed by atoms with Crippen molar-refractivity contribution in [2.75, 3.05) is 41.8 Å². The highest BCUT2D eigenvalue weighted by atomic mass is 35.5. The summed E-state index contributed by atoms with van der Waals surface area (Å²) in [5, 5.41) is 10.6. The van der Waals surface area contributed by atoms with Crippen LogP contribution in [0.1, 0.15) is 43.8 Å². The number of fused-ring (bicyclic) bond motifs is 1. The number of hydrogen-bond acceptors (Lipinski definition) is 8. The number of rotatable bonds is 4. The van der Waals surface area contributed by atoms with E-state index in [2.05, 4.69) is 24.8 Å². The largest absolute Gasteiger partial charge is 0.394 e. The third-order valence-electron chi connectivity index (χ3n) is 7.58. The van der Waals surface area contributed by atoms with Crippen LogP contribution >= 0.6 is 11.6 Å². The van der Waals surface area contributed by atoms with Crippen molar-refractivity contribution in [3.8, 4) is 0 Å². The summed E-state index contributed by atoms with van der Waals surface area (Å²) in [5.74, 6) is 3.30. The molecule has 0 amide bonds. The summed E-state index contributed by atoms with van der Waals surface area (Å²) in [6.45, 7) is 2.62. The lowest BCUT2D eigenvalue weighted by Crippen LogP contribution is -2.62. The third-order valence-corrected chi connectivity index (χ3v) is 9.10. The first-order valence-corrected chi connectivity index (χ1v) is 12.6. The van der Waals surface area contributed by atoms with Crippen LogP contribution in [0.3, 0.4) is 0 Å². The van der Waals surface area contributed by atoms with E-state index >= 15 is 0 Å². The van der Waals surface area contributed by atoms with Crippen molar-refractivity contribution in [1.29, 1.82) is 0 Å². The van der Waals surface area contributed by atoms with E-state index in [9.17, 15) is 9.32 Å². The Morgan fingerprint density at radius 2 is 1.90 bits per heavy atom. The Labute approximate surface area is 188 Å². The fourth-order valence-electron chi connectivity index (χ4n) is 5.67. The van der Waals surface area contributed by atoms with Gasteiger partial charge in [0.05, 0.1) is 39.1 Å². The molecule has 31 heavy (non-hydrogen) atoms. The second-order valence-corrected chi connectivity index (χ2v) is 11.5. The summed E-state index contributed by atoms with van der Waals surface area (Å²) in [6.07, 6.45) is 10.2. The molecule has 8 nitrogen and oxygen atoms in total. The molecule has 2 aliphatic heterocycles. The van der Waals surface area contributed by atoms with E-state index in [1.54, 1.807) is 18.6 Å². The fraction of sp³-hybridized carbons (Fsp3) is 0.619. The normalized spacial score (nSPS) is 26.1. The molecule has 2 aromatic rings. The Balaban J connectivity index is 1.18. The smallest absolute Gasteiger partial charge is 0.227 e. The minimum atomic E-state index is -1.08. The number of hydrogen-bond donors (Lipinski definition) is 1. The van der Waals surface area contributed by atoms with Gasteiger partial charge in [-0.25, -0.2) is 15.0 Å². The second kappa shape index (κ2) is 7.08. The van der Waals surface area contributed by atoms with Gasteiger partial charge in [-0.1, -0.05) is 11.6 Å². The first-order chi connectivity index (χ1) is 15.0. The van der Waals surface area contributed by atoms with Gasteiger partial charge in [0.15, 0.2) is 5.82 Å². The van der Waals surface area contributed by atoms with Crippen molar-refractivity contribution in [2.24, 2.45) is 5.41 Å². The highest BCUT2D eigenvalue weighted by Gasteiger charge is 2.54. The van der Waals surface area contributed by atoms with Crippen LogP contribution in [-0.4, -0.2) is 66.8 Å². The average molecular weight is 461 g/mol. The molecular formula is C21H25ClN6O2S. The van der Waals surface area contributed by atoms with Crippen LogP contribution in [0, 0.1) is 5.41 Å². The Kier molecular flexibility index (Phi) is 4.53. The van der Waals surface area contributed by atoms with E-state index in [-0.39, 0.29) is 17.6 Å². The summed E-state index contributed by atoms with van der Waals surface area (Å²) >= 11 is 5.90. The summed E-state index contributed by atoms with van der Waals surface area (Å²) in [4.78, 5) is 23.3. The van der Waals surface area contributed by atoms with Gasteiger partial charge in [-0.3, -0.25) is 4.21 Å². The van der Waals surface area contributed by atoms with Crippen LogP contribution in [0.25, 0.3) is 0 Å². The van der Waals surface area contributed by atoms with Crippen LogP contribution in [0.2, 0.25) is 5.02 Å². The summed E-state index contributed by atoms with van der Waals surface area (Å²) in [6, 6.07) is 0. The monoisotopic (exact) mass is 460 g/mol. The van der Waals surface area contributed by atoms with E-state index in [0.717, 1.165) is 56.8 Å². The molecule has 10 heteroatoms. The summed E-state index contributed by atoms with van der Waals surface area (Å²) in [7, 11) is -1.08. The van der Waals surface area contributed by atoms with Crippen molar-refractivity contribution >= 4 is 34.2 Å². The summed E-state index contributed by atoms with van der Waals surface area (Å²) in [5.41, 5.74) is 0.0384. The Morgan fingerprint density at radius 3 is 2.55 bits per heavy atom. The zero-order chi connectivity index (χ0) is 21.2. The van der Waals surface area contributed by atoms with E-state index in [4.69, 9.17) is 16.6 Å². The van der Waals surface area contributed by atoms with Gasteiger partial charge in [0.1, 0.15) is 5.82 Å². The molecule has 1 saturated heterocycles. The molecule has 1 spiro atoms.